The molecule has 4 heteroatoms. The van der Waals surface area contributed by atoms with E-state index in [1.165, 1.54) is 11.2 Å². The normalized spacial score (nSPS) is 15.1. The van der Waals surface area contributed by atoms with Crippen LogP contribution in [0.25, 0.3) is 10.9 Å². The molecule has 2 heterocycles. The van der Waals surface area contributed by atoms with E-state index in [0.29, 0.717) is 5.02 Å². The molecule has 16 heavy (non-hydrogen) atoms. The van der Waals surface area contributed by atoms with Gasteiger partial charge in [-0.3, -0.25) is 0 Å². The molecule has 1 aromatic carbocycles. The van der Waals surface area contributed by atoms with Crippen molar-refractivity contribution in [2.24, 2.45) is 0 Å². The monoisotopic (exact) mass is 236 g/mol. The molecular formula is C12H13ClN2O. The van der Waals surface area contributed by atoms with Crippen LogP contribution in [-0.2, 0) is 13.1 Å². The summed E-state index contributed by atoms with van der Waals surface area (Å²) in [5.41, 5.74) is 2.48. The molecule has 0 bridgehead atoms. The predicted octanol–water partition coefficient (Wildman–Crippen LogP) is 2.41. The minimum absolute atomic E-state index is 0.710. The molecule has 1 aliphatic heterocycles. The summed E-state index contributed by atoms with van der Waals surface area (Å²) in [6, 6.07) is 6.15. The number of ether oxygens (including phenoxy) is 1. The molecule has 0 unspecified atom stereocenters. The van der Waals surface area contributed by atoms with Crippen molar-refractivity contribution in [3.63, 3.8) is 0 Å². The highest BCUT2D eigenvalue weighted by Gasteiger charge is 2.15. The quantitative estimate of drug-likeness (QED) is 0.823. The number of hydrogen-bond acceptors (Lipinski definition) is 2. The van der Waals surface area contributed by atoms with Gasteiger partial charge in [0.15, 0.2) is 0 Å². The first kappa shape index (κ1) is 10.00. The van der Waals surface area contributed by atoms with E-state index in [9.17, 15) is 0 Å². The SMILES string of the molecule is COc1ccc2c(cc3n2CCNC3)c1Cl. The number of nitrogens with one attached hydrogen (secondary N) is 1. The summed E-state index contributed by atoms with van der Waals surface area (Å²) in [7, 11) is 1.64. The average Bonchev–Trinajstić information content (AvgIpc) is 2.69. The zero-order chi connectivity index (χ0) is 11.1. The second-order valence-corrected chi connectivity index (χ2v) is 4.36. The molecule has 84 valence electrons. The standard InChI is InChI=1S/C12H13ClN2O/c1-16-11-3-2-10-9(12(11)13)6-8-7-14-4-5-15(8)10/h2-3,6,14H,4-5,7H2,1H3. The van der Waals surface area contributed by atoms with Crippen molar-refractivity contribution >= 4 is 22.5 Å². The summed E-state index contributed by atoms with van der Waals surface area (Å²) < 4.78 is 7.54. The predicted molar refractivity (Wildman–Crippen MR) is 65.2 cm³/mol. The number of nitrogens with zero attached hydrogens (tertiary/aromatic N) is 1. The van der Waals surface area contributed by atoms with Gasteiger partial charge in [0.05, 0.1) is 17.6 Å². The van der Waals surface area contributed by atoms with Gasteiger partial charge in [-0.15, -0.1) is 0 Å². The van der Waals surface area contributed by atoms with Crippen LogP contribution in [0.15, 0.2) is 18.2 Å². The van der Waals surface area contributed by atoms with Crippen LogP contribution in [0.4, 0.5) is 0 Å². The minimum atomic E-state index is 0.710. The maximum absolute atomic E-state index is 6.30. The van der Waals surface area contributed by atoms with Gasteiger partial charge in [-0.1, -0.05) is 11.6 Å². The molecule has 0 aliphatic carbocycles. The Morgan fingerprint density at radius 3 is 3.12 bits per heavy atom. The summed E-state index contributed by atoms with van der Waals surface area (Å²) in [6.45, 7) is 2.93. The van der Waals surface area contributed by atoms with Crippen molar-refractivity contribution in [2.45, 2.75) is 13.1 Å². The van der Waals surface area contributed by atoms with E-state index in [2.05, 4.69) is 22.0 Å². The van der Waals surface area contributed by atoms with Crippen molar-refractivity contribution in [3.8, 4) is 5.75 Å². The molecule has 0 radical (unpaired) electrons. The third kappa shape index (κ3) is 1.32. The molecular weight excluding hydrogens is 224 g/mol. The zero-order valence-electron chi connectivity index (χ0n) is 9.09. The smallest absolute Gasteiger partial charge is 0.138 e. The molecule has 3 rings (SSSR count). The van der Waals surface area contributed by atoms with Gasteiger partial charge in [-0.05, 0) is 18.2 Å². The number of aromatic nitrogens is 1. The highest BCUT2D eigenvalue weighted by atomic mass is 35.5. The number of halogens is 1. The summed E-state index contributed by atoms with van der Waals surface area (Å²) >= 11 is 6.30. The fraction of sp³-hybridized carbons (Fsp3) is 0.333. The lowest BCUT2D eigenvalue weighted by molar-refractivity contribution is 0.415. The topological polar surface area (TPSA) is 26.2 Å². The summed E-state index contributed by atoms with van der Waals surface area (Å²) in [5.74, 6) is 0.741. The number of fused-ring (bicyclic) bond motifs is 3. The first-order valence-corrected chi connectivity index (χ1v) is 5.74. The highest BCUT2D eigenvalue weighted by Crippen LogP contribution is 2.34. The van der Waals surface area contributed by atoms with Crippen LogP contribution in [0, 0.1) is 0 Å². The van der Waals surface area contributed by atoms with Gasteiger partial charge in [0.25, 0.3) is 0 Å². The van der Waals surface area contributed by atoms with Crippen molar-refractivity contribution in [3.05, 3.63) is 28.9 Å². The lowest BCUT2D eigenvalue weighted by atomic mass is 10.2. The third-order valence-corrected chi connectivity index (χ3v) is 3.50. The van der Waals surface area contributed by atoms with Gasteiger partial charge in [0, 0.05) is 30.7 Å². The average molecular weight is 237 g/mol. The van der Waals surface area contributed by atoms with E-state index in [0.717, 1.165) is 30.8 Å². The maximum Gasteiger partial charge on any atom is 0.138 e. The Bertz CT molecular complexity index is 547. The van der Waals surface area contributed by atoms with Gasteiger partial charge >= 0.3 is 0 Å². The van der Waals surface area contributed by atoms with E-state index >= 15 is 0 Å². The minimum Gasteiger partial charge on any atom is -0.495 e. The van der Waals surface area contributed by atoms with Crippen molar-refractivity contribution in [2.75, 3.05) is 13.7 Å². The molecule has 0 saturated carbocycles. The number of rotatable bonds is 1. The summed E-state index contributed by atoms with van der Waals surface area (Å²) in [6.07, 6.45) is 0. The van der Waals surface area contributed by atoms with E-state index in [-0.39, 0.29) is 0 Å². The number of benzene rings is 1. The molecule has 3 nitrogen and oxygen atoms in total. The molecule has 1 aliphatic rings. The number of methoxy groups -OCH3 is 1. The Balaban J connectivity index is 2.30. The molecule has 1 N–H and O–H groups in total. The van der Waals surface area contributed by atoms with E-state index in [1.807, 2.05) is 6.07 Å². The Labute approximate surface area is 99.0 Å². The van der Waals surface area contributed by atoms with Crippen LogP contribution in [0.5, 0.6) is 5.75 Å². The Morgan fingerprint density at radius 1 is 1.44 bits per heavy atom. The molecule has 0 spiro atoms. The zero-order valence-corrected chi connectivity index (χ0v) is 9.84. The second-order valence-electron chi connectivity index (χ2n) is 3.98. The van der Waals surface area contributed by atoms with Crippen LogP contribution in [0.3, 0.4) is 0 Å². The van der Waals surface area contributed by atoms with E-state index in [1.54, 1.807) is 7.11 Å². The van der Waals surface area contributed by atoms with Crippen LogP contribution < -0.4 is 10.1 Å². The fourth-order valence-electron chi connectivity index (χ4n) is 2.31. The van der Waals surface area contributed by atoms with E-state index < -0.39 is 0 Å². The van der Waals surface area contributed by atoms with Gasteiger partial charge in [0.2, 0.25) is 0 Å². The summed E-state index contributed by atoms with van der Waals surface area (Å²) in [5, 5.41) is 5.15. The van der Waals surface area contributed by atoms with Crippen LogP contribution >= 0.6 is 11.6 Å². The Morgan fingerprint density at radius 2 is 2.31 bits per heavy atom. The van der Waals surface area contributed by atoms with Crippen molar-refractivity contribution in [1.82, 2.24) is 9.88 Å². The molecule has 0 saturated heterocycles. The van der Waals surface area contributed by atoms with Gasteiger partial charge < -0.3 is 14.6 Å². The van der Waals surface area contributed by atoms with Gasteiger partial charge in [0.1, 0.15) is 5.75 Å². The van der Waals surface area contributed by atoms with Crippen molar-refractivity contribution in [1.29, 1.82) is 0 Å². The highest BCUT2D eigenvalue weighted by molar-refractivity contribution is 6.37. The summed E-state index contributed by atoms with van der Waals surface area (Å²) in [4.78, 5) is 0. The van der Waals surface area contributed by atoms with Crippen LogP contribution in [-0.4, -0.2) is 18.2 Å². The molecule has 0 atom stereocenters. The first-order chi connectivity index (χ1) is 7.81. The maximum atomic E-state index is 6.30. The fourth-order valence-corrected chi connectivity index (χ4v) is 2.60. The van der Waals surface area contributed by atoms with Crippen molar-refractivity contribution < 1.29 is 4.74 Å². The molecule has 1 aromatic heterocycles. The molecule has 2 aromatic rings. The van der Waals surface area contributed by atoms with Crippen LogP contribution in [0.2, 0.25) is 5.02 Å². The molecule has 0 amide bonds. The number of hydrogen-bond donors (Lipinski definition) is 1. The van der Waals surface area contributed by atoms with E-state index in [4.69, 9.17) is 16.3 Å². The Hall–Kier alpha value is -1.19. The Kier molecular flexibility index (Phi) is 2.30. The third-order valence-electron chi connectivity index (χ3n) is 3.11. The van der Waals surface area contributed by atoms with Gasteiger partial charge in [-0.2, -0.15) is 0 Å². The first-order valence-electron chi connectivity index (χ1n) is 5.36. The molecule has 0 fully saturated rings. The lowest BCUT2D eigenvalue weighted by Crippen LogP contribution is -2.27. The van der Waals surface area contributed by atoms with Crippen LogP contribution in [0.1, 0.15) is 5.69 Å². The largest absolute Gasteiger partial charge is 0.495 e. The second kappa shape index (κ2) is 3.68. The van der Waals surface area contributed by atoms with Gasteiger partial charge in [-0.25, -0.2) is 0 Å². The lowest BCUT2D eigenvalue weighted by Gasteiger charge is -2.17.